The van der Waals surface area contributed by atoms with Gasteiger partial charge in [0.2, 0.25) is 0 Å². The predicted octanol–water partition coefficient (Wildman–Crippen LogP) is 4.12. The smallest absolute Gasteiger partial charge is 0.164 e. The SMILES string of the molecule is CCc1c(OC)cc(OC)c(Cl)c1-c1nc(N2CC(C)OC(C)C2)c2cc(N)ncc2n1. The minimum atomic E-state index is 0.0677. The number of nitrogen functional groups attached to an aromatic ring is 1. The number of ether oxygens (including phenoxy) is 3. The van der Waals surface area contributed by atoms with Crippen LogP contribution < -0.4 is 20.1 Å². The molecule has 1 aromatic carbocycles. The van der Waals surface area contributed by atoms with Crippen LogP contribution in [0.2, 0.25) is 5.02 Å². The summed E-state index contributed by atoms with van der Waals surface area (Å²) in [5.41, 5.74) is 8.30. The molecule has 3 heterocycles. The van der Waals surface area contributed by atoms with Crippen LogP contribution in [0.15, 0.2) is 18.3 Å². The molecule has 1 aliphatic rings. The van der Waals surface area contributed by atoms with E-state index in [1.54, 1.807) is 26.5 Å². The highest BCUT2D eigenvalue weighted by atomic mass is 35.5. The summed E-state index contributed by atoms with van der Waals surface area (Å²) in [6.07, 6.45) is 2.49. The number of fused-ring (bicyclic) bond motifs is 1. The van der Waals surface area contributed by atoms with Gasteiger partial charge in [-0.1, -0.05) is 18.5 Å². The van der Waals surface area contributed by atoms with Crippen molar-refractivity contribution < 1.29 is 14.2 Å². The first-order valence-electron chi connectivity index (χ1n) is 10.6. The van der Waals surface area contributed by atoms with Gasteiger partial charge >= 0.3 is 0 Å². The van der Waals surface area contributed by atoms with Crippen molar-refractivity contribution in [1.82, 2.24) is 15.0 Å². The summed E-state index contributed by atoms with van der Waals surface area (Å²) in [5, 5.41) is 1.29. The zero-order valence-corrected chi connectivity index (χ0v) is 19.7. The lowest BCUT2D eigenvalue weighted by atomic mass is 10.0. The van der Waals surface area contributed by atoms with E-state index in [0.29, 0.717) is 58.8 Å². The van der Waals surface area contributed by atoms with Crippen LogP contribution in [0.5, 0.6) is 11.5 Å². The molecule has 4 rings (SSSR count). The van der Waals surface area contributed by atoms with Crippen molar-refractivity contribution in [2.45, 2.75) is 39.4 Å². The molecular formula is C23H28ClN5O3. The summed E-state index contributed by atoms with van der Waals surface area (Å²) in [6, 6.07) is 3.61. The number of rotatable bonds is 5. The Bertz CT molecular complexity index is 1150. The normalized spacial score (nSPS) is 18.8. The fraction of sp³-hybridized carbons (Fsp3) is 0.435. The highest BCUT2D eigenvalue weighted by Gasteiger charge is 2.27. The maximum atomic E-state index is 6.79. The number of hydrogen-bond donors (Lipinski definition) is 1. The van der Waals surface area contributed by atoms with Crippen molar-refractivity contribution in [2.75, 3.05) is 37.9 Å². The van der Waals surface area contributed by atoms with Crippen LogP contribution in [0.3, 0.4) is 0 Å². The topological polar surface area (TPSA) is 95.6 Å². The number of nitrogens with zero attached hydrogens (tertiary/aromatic N) is 4. The Labute approximate surface area is 192 Å². The first-order chi connectivity index (χ1) is 15.4. The number of benzene rings is 1. The van der Waals surface area contributed by atoms with Crippen molar-refractivity contribution >= 4 is 34.1 Å². The molecule has 0 amide bonds. The molecule has 2 N–H and O–H groups in total. The van der Waals surface area contributed by atoms with Crippen LogP contribution in [0, 0.1) is 0 Å². The van der Waals surface area contributed by atoms with Crippen LogP contribution in [-0.4, -0.2) is 54.5 Å². The Morgan fingerprint density at radius 2 is 1.81 bits per heavy atom. The third-order valence-corrected chi connectivity index (χ3v) is 5.99. The Kier molecular flexibility index (Phi) is 6.26. The van der Waals surface area contributed by atoms with Gasteiger partial charge in [0.05, 0.1) is 43.2 Å². The number of anilines is 2. The van der Waals surface area contributed by atoms with E-state index in [2.05, 4.69) is 23.7 Å². The fourth-order valence-corrected chi connectivity index (χ4v) is 4.63. The number of morpholine rings is 1. The van der Waals surface area contributed by atoms with E-state index in [-0.39, 0.29) is 12.2 Å². The number of hydrogen-bond acceptors (Lipinski definition) is 8. The monoisotopic (exact) mass is 457 g/mol. The zero-order valence-electron chi connectivity index (χ0n) is 19.0. The lowest BCUT2D eigenvalue weighted by Gasteiger charge is -2.36. The predicted molar refractivity (Wildman–Crippen MR) is 127 cm³/mol. The zero-order chi connectivity index (χ0) is 23.0. The molecule has 0 spiro atoms. The highest BCUT2D eigenvalue weighted by molar-refractivity contribution is 6.35. The number of nitrogens with two attached hydrogens (primary N) is 1. The lowest BCUT2D eigenvalue weighted by Crippen LogP contribution is -2.46. The highest BCUT2D eigenvalue weighted by Crippen LogP contribution is 2.43. The molecule has 170 valence electrons. The molecule has 0 radical (unpaired) electrons. The molecule has 0 saturated carbocycles. The number of aromatic nitrogens is 3. The van der Waals surface area contributed by atoms with E-state index >= 15 is 0 Å². The second-order valence-corrected chi connectivity index (χ2v) is 8.34. The molecule has 8 nitrogen and oxygen atoms in total. The van der Waals surface area contributed by atoms with Gasteiger partial charge < -0.3 is 24.8 Å². The standard InChI is InChI=1S/C23H28ClN5O3/c1-6-14-17(30-4)8-18(31-5)21(24)20(14)22-27-16-9-26-19(25)7-15(16)23(28-22)29-10-12(2)32-13(3)11-29/h7-9,12-13H,6,10-11H2,1-5H3,(H2,25,26). The summed E-state index contributed by atoms with van der Waals surface area (Å²) in [5.74, 6) is 2.87. The van der Waals surface area contributed by atoms with Gasteiger partial charge in [-0.15, -0.1) is 0 Å². The second kappa shape index (κ2) is 8.96. The summed E-state index contributed by atoms with van der Waals surface area (Å²) in [7, 11) is 3.20. The van der Waals surface area contributed by atoms with Crippen LogP contribution >= 0.6 is 11.6 Å². The maximum absolute atomic E-state index is 6.79. The van der Waals surface area contributed by atoms with E-state index < -0.39 is 0 Å². The quantitative estimate of drug-likeness (QED) is 0.611. The minimum Gasteiger partial charge on any atom is -0.496 e. The van der Waals surface area contributed by atoms with Gasteiger partial charge in [-0.25, -0.2) is 15.0 Å². The van der Waals surface area contributed by atoms with Crippen molar-refractivity contribution in [3.05, 3.63) is 28.9 Å². The van der Waals surface area contributed by atoms with E-state index in [1.807, 2.05) is 13.0 Å². The Morgan fingerprint density at radius 1 is 1.12 bits per heavy atom. The molecule has 1 fully saturated rings. The first-order valence-corrected chi connectivity index (χ1v) is 11.0. The van der Waals surface area contributed by atoms with Crippen molar-refractivity contribution in [3.63, 3.8) is 0 Å². The van der Waals surface area contributed by atoms with Gasteiger partial charge in [-0.05, 0) is 26.3 Å². The fourth-order valence-electron chi connectivity index (χ4n) is 4.30. The largest absolute Gasteiger partial charge is 0.496 e. The van der Waals surface area contributed by atoms with Crippen molar-refractivity contribution in [2.24, 2.45) is 0 Å². The molecule has 9 heteroatoms. The van der Waals surface area contributed by atoms with Gasteiger partial charge in [0.1, 0.15) is 23.1 Å². The molecule has 1 aliphatic heterocycles. The van der Waals surface area contributed by atoms with Crippen molar-refractivity contribution in [1.29, 1.82) is 0 Å². The van der Waals surface area contributed by atoms with Gasteiger partial charge in [-0.2, -0.15) is 0 Å². The molecule has 2 aromatic heterocycles. The third kappa shape index (κ3) is 4.00. The number of pyridine rings is 1. The van der Waals surface area contributed by atoms with E-state index in [1.165, 1.54) is 0 Å². The third-order valence-electron chi connectivity index (χ3n) is 5.62. The van der Waals surface area contributed by atoms with Gasteiger partial charge in [-0.3, -0.25) is 0 Å². The molecule has 2 unspecified atom stereocenters. The van der Waals surface area contributed by atoms with Gasteiger partial charge in [0.15, 0.2) is 5.82 Å². The summed E-state index contributed by atoms with van der Waals surface area (Å²) in [6.45, 7) is 7.56. The summed E-state index contributed by atoms with van der Waals surface area (Å²) in [4.78, 5) is 16.3. The number of methoxy groups -OCH3 is 2. The van der Waals surface area contributed by atoms with E-state index in [9.17, 15) is 0 Å². The lowest BCUT2D eigenvalue weighted by molar-refractivity contribution is -0.00536. The number of halogens is 1. The molecule has 0 bridgehead atoms. The van der Waals surface area contributed by atoms with Gasteiger partial charge in [0, 0.05) is 35.7 Å². The molecule has 32 heavy (non-hydrogen) atoms. The summed E-state index contributed by atoms with van der Waals surface area (Å²) >= 11 is 6.79. The van der Waals surface area contributed by atoms with Crippen LogP contribution in [0.4, 0.5) is 11.6 Å². The average molecular weight is 458 g/mol. The molecule has 0 aliphatic carbocycles. The minimum absolute atomic E-state index is 0.0677. The molecule has 3 aromatic rings. The first kappa shape index (κ1) is 22.4. The van der Waals surface area contributed by atoms with E-state index in [4.69, 9.17) is 41.5 Å². The Morgan fingerprint density at radius 3 is 2.44 bits per heavy atom. The van der Waals surface area contributed by atoms with Crippen LogP contribution in [-0.2, 0) is 11.2 Å². The second-order valence-electron chi connectivity index (χ2n) is 7.96. The van der Waals surface area contributed by atoms with E-state index in [0.717, 1.165) is 16.8 Å². The van der Waals surface area contributed by atoms with Crippen LogP contribution in [0.1, 0.15) is 26.3 Å². The summed E-state index contributed by atoms with van der Waals surface area (Å²) < 4.78 is 17.1. The maximum Gasteiger partial charge on any atom is 0.164 e. The average Bonchev–Trinajstić information content (AvgIpc) is 2.77. The molecule has 2 atom stereocenters. The Balaban J connectivity index is 2.00. The van der Waals surface area contributed by atoms with Crippen molar-refractivity contribution in [3.8, 4) is 22.9 Å². The van der Waals surface area contributed by atoms with Crippen LogP contribution in [0.25, 0.3) is 22.3 Å². The van der Waals surface area contributed by atoms with Gasteiger partial charge in [0.25, 0.3) is 0 Å². The molecular weight excluding hydrogens is 430 g/mol. The molecule has 1 saturated heterocycles. The Hall–Kier alpha value is -2.84.